The van der Waals surface area contributed by atoms with Crippen molar-refractivity contribution < 1.29 is 14.3 Å². The quantitative estimate of drug-likeness (QED) is 0.231. The second kappa shape index (κ2) is 8.83. The van der Waals surface area contributed by atoms with E-state index in [0.717, 1.165) is 21.1 Å². The number of pyridine rings is 1. The first-order valence-electron chi connectivity index (χ1n) is 9.19. The Balaban J connectivity index is 1.63. The monoisotopic (exact) mass is 455 g/mol. The van der Waals surface area contributed by atoms with Crippen molar-refractivity contribution in [2.75, 3.05) is 14.2 Å². The van der Waals surface area contributed by atoms with Gasteiger partial charge in [0.25, 0.3) is 0 Å². The first-order valence-corrected chi connectivity index (χ1v) is 10.4. The number of fused-ring (bicyclic) bond motifs is 1. The summed E-state index contributed by atoms with van der Waals surface area (Å²) in [6.07, 6.45) is 3.50. The number of aromatic nitrogens is 4. The number of aryl methyl sites for hydroxylation is 1. The van der Waals surface area contributed by atoms with E-state index >= 15 is 0 Å². The maximum atomic E-state index is 6.33. The number of halogens is 1. The summed E-state index contributed by atoms with van der Waals surface area (Å²) in [7, 11) is 3.10. The summed E-state index contributed by atoms with van der Waals surface area (Å²) >= 11 is 7.84. The van der Waals surface area contributed by atoms with Crippen LogP contribution >= 0.6 is 22.9 Å². The number of thiazole rings is 1. The number of hydrogen-bond donors (Lipinski definition) is 0. The molecule has 0 bridgehead atoms. The highest BCUT2D eigenvalue weighted by molar-refractivity contribution is 7.17. The third-order valence-electron chi connectivity index (χ3n) is 4.43. The highest BCUT2D eigenvalue weighted by Gasteiger charge is 2.15. The van der Waals surface area contributed by atoms with Crippen LogP contribution in [0.25, 0.3) is 21.5 Å². The first-order chi connectivity index (χ1) is 15.0. The minimum absolute atomic E-state index is 0.0266. The third kappa shape index (κ3) is 4.28. The number of methoxy groups -OCH3 is 2. The molecule has 158 valence electrons. The molecule has 0 aliphatic carbocycles. The van der Waals surface area contributed by atoms with Crippen molar-refractivity contribution in [1.29, 1.82) is 0 Å². The minimum Gasteiger partial charge on any atom is -0.493 e. The molecule has 0 N–H and O–H groups in total. The Hall–Kier alpha value is -3.30. The maximum absolute atomic E-state index is 6.33. The standard InChI is InChI=1S/C21H18ClN5O3S/c1-11-18(31-20(24-11)13-6-5-7-23-10-13)12(2)27-30-21-25-15-9-17(29-4)16(28-3)8-14(15)19(22)26-21/h5-10H,1-4H3. The molecular formula is C21H18ClN5O3S. The van der Waals surface area contributed by atoms with Crippen LogP contribution < -0.4 is 14.3 Å². The number of rotatable bonds is 6. The van der Waals surface area contributed by atoms with Gasteiger partial charge in [-0.25, -0.2) is 4.98 Å². The van der Waals surface area contributed by atoms with E-state index in [-0.39, 0.29) is 11.2 Å². The van der Waals surface area contributed by atoms with Crippen molar-refractivity contribution >= 4 is 39.6 Å². The zero-order chi connectivity index (χ0) is 22.0. The summed E-state index contributed by atoms with van der Waals surface area (Å²) in [6.45, 7) is 3.76. The number of benzene rings is 1. The van der Waals surface area contributed by atoms with Crippen LogP contribution in [0.5, 0.6) is 17.5 Å². The summed E-state index contributed by atoms with van der Waals surface area (Å²) in [5.41, 5.74) is 3.00. The zero-order valence-corrected chi connectivity index (χ0v) is 18.8. The molecule has 3 heterocycles. The number of nitrogens with zero attached hydrogens (tertiary/aromatic N) is 5. The predicted octanol–water partition coefficient (Wildman–Crippen LogP) is 4.93. The van der Waals surface area contributed by atoms with Gasteiger partial charge in [0, 0.05) is 29.4 Å². The predicted molar refractivity (Wildman–Crippen MR) is 121 cm³/mol. The molecule has 0 radical (unpaired) electrons. The van der Waals surface area contributed by atoms with Gasteiger partial charge in [-0.1, -0.05) is 16.8 Å². The highest BCUT2D eigenvalue weighted by atomic mass is 35.5. The van der Waals surface area contributed by atoms with Gasteiger partial charge in [-0.2, -0.15) is 9.97 Å². The highest BCUT2D eigenvalue weighted by Crippen LogP contribution is 2.34. The minimum atomic E-state index is 0.0266. The molecule has 0 unspecified atom stereocenters. The van der Waals surface area contributed by atoms with Gasteiger partial charge in [0.1, 0.15) is 10.2 Å². The molecule has 8 nitrogen and oxygen atoms in total. The van der Waals surface area contributed by atoms with Gasteiger partial charge in [-0.05, 0) is 32.0 Å². The zero-order valence-electron chi connectivity index (χ0n) is 17.2. The van der Waals surface area contributed by atoms with E-state index < -0.39 is 0 Å². The van der Waals surface area contributed by atoms with Gasteiger partial charge in [0.15, 0.2) is 11.5 Å². The molecule has 4 rings (SSSR count). The van der Waals surface area contributed by atoms with Crippen LogP contribution in [0.4, 0.5) is 0 Å². The first kappa shape index (κ1) is 21.0. The lowest BCUT2D eigenvalue weighted by molar-refractivity contribution is 0.314. The van der Waals surface area contributed by atoms with Crippen LogP contribution in [0.3, 0.4) is 0 Å². The Morgan fingerprint density at radius 1 is 1.10 bits per heavy atom. The lowest BCUT2D eigenvalue weighted by Crippen LogP contribution is -2.00. The van der Waals surface area contributed by atoms with Crippen molar-refractivity contribution in [3.63, 3.8) is 0 Å². The van der Waals surface area contributed by atoms with Crippen LogP contribution in [-0.4, -0.2) is 39.9 Å². The van der Waals surface area contributed by atoms with E-state index in [0.29, 0.717) is 28.1 Å². The smallest absolute Gasteiger partial charge is 0.347 e. The van der Waals surface area contributed by atoms with Crippen LogP contribution in [0.2, 0.25) is 5.15 Å². The van der Waals surface area contributed by atoms with E-state index in [1.165, 1.54) is 11.3 Å². The summed E-state index contributed by atoms with van der Waals surface area (Å²) < 4.78 is 10.6. The summed E-state index contributed by atoms with van der Waals surface area (Å²) in [4.78, 5) is 23.7. The van der Waals surface area contributed by atoms with Crippen molar-refractivity contribution in [3.8, 4) is 28.1 Å². The van der Waals surface area contributed by atoms with Crippen LogP contribution in [0.1, 0.15) is 17.5 Å². The average Bonchev–Trinajstić information content (AvgIpc) is 3.19. The Morgan fingerprint density at radius 2 is 1.87 bits per heavy atom. The van der Waals surface area contributed by atoms with Gasteiger partial charge >= 0.3 is 6.01 Å². The van der Waals surface area contributed by atoms with Crippen LogP contribution in [0.15, 0.2) is 41.8 Å². The van der Waals surface area contributed by atoms with Crippen LogP contribution in [-0.2, 0) is 0 Å². The lowest BCUT2D eigenvalue weighted by Gasteiger charge is -2.09. The molecule has 31 heavy (non-hydrogen) atoms. The molecule has 0 atom stereocenters. The Kier molecular flexibility index (Phi) is 5.97. The Bertz CT molecular complexity index is 1280. The van der Waals surface area contributed by atoms with E-state index in [9.17, 15) is 0 Å². The normalized spacial score (nSPS) is 11.6. The average molecular weight is 456 g/mol. The summed E-state index contributed by atoms with van der Waals surface area (Å²) in [5.74, 6) is 1.06. The van der Waals surface area contributed by atoms with Crippen molar-refractivity contribution in [1.82, 2.24) is 19.9 Å². The fraction of sp³-hybridized carbons (Fsp3) is 0.190. The van der Waals surface area contributed by atoms with Gasteiger partial charge in [0.2, 0.25) is 0 Å². The Labute approximate surface area is 187 Å². The Morgan fingerprint density at radius 3 is 2.58 bits per heavy atom. The third-order valence-corrected chi connectivity index (χ3v) is 6.04. The van der Waals surface area contributed by atoms with Gasteiger partial charge in [0.05, 0.1) is 36.0 Å². The molecule has 10 heteroatoms. The van der Waals surface area contributed by atoms with Gasteiger partial charge in [-0.3, -0.25) is 4.98 Å². The molecule has 0 spiro atoms. The number of hydrogen-bond acceptors (Lipinski definition) is 9. The summed E-state index contributed by atoms with van der Waals surface area (Å²) in [5, 5.41) is 5.89. The van der Waals surface area contributed by atoms with Crippen molar-refractivity contribution in [2.24, 2.45) is 5.16 Å². The largest absolute Gasteiger partial charge is 0.493 e. The van der Waals surface area contributed by atoms with Crippen molar-refractivity contribution in [2.45, 2.75) is 13.8 Å². The van der Waals surface area contributed by atoms with E-state index in [1.807, 2.05) is 26.0 Å². The van der Waals surface area contributed by atoms with Gasteiger partial charge < -0.3 is 14.3 Å². The SMILES string of the molecule is COc1cc2nc(ON=C(C)c3sc(-c4cccnc4)nc3C)nc(Cl)c2cc1OC. The van der Waals surface area contributed by atoms with E-state index in [1.54, 1.807) is 38.7 Å². The van der Waals surface area contributed by atoms with Crippen LogP contribution in [0, 0.1) is 6.92 Å². The molecule has 0 amide bonds. The molecule has 0 saturated heterocycles. The molecule has 1 aromatic carbocycles. The number of oxime groups is 1. The summed E-state index contributed by atoms with van der Waals surface area (Å²) in [6, 6.07) is 7.29. The van der Waals surface area contributed by atoms with Gasteiger partial charge in [-0.15, -0.1) is 11.3 Å². The fourth-order valence-electron chi connectivity index (χ4n) is 2.93. The topological polar surface area (TPSA) is 91.6 Å². The van der Waals surface area contributed by atoms with Crippen molar-refractivity contribution in [3.05, 3.63) is 52.4 Å². The molecule has 0 aliphatic rings. The molecule has 4 aromatic rings. The lowest BCUT2D eigenvalue weighted by atomic mass is 10.2. The van der Waals surface area contributed by atoms with E-state index in [2.05, 4.69) is 25.1 Å². The molecule has 0 fully saturated rings. The maximum Gasteiger partial charge on any atom is 0.347 e. The second-order valence-corrected chi connectivity index (χ2v) is 7.82. The molecule has 0 aliphatic heterocycles. The fourth-order valence-corrected chi connectivity index (χ4v) is 4.15. The molecular weight excluding hydrogens is 438 g/mol. The second-order valence-electron chi connectivity index (χ2n) is 6.46. The van der Waals surface area contributed by atoms with E-state index in [4.69, 9.17) is 25.9 Å². The molecule has 0 saturated carbocycles. The number of ether oxygens (including phenoxy) is 2. The molecule has 3 aromatic heterocycles.